The maximum Gasteiger partial charge on any atom is 0.176 e. The Morgan fingerprint density at radius 3 is 3.10 bits per heavy atom. The van der Waals surface area contributed by atoms with Gasteiger partial charge in [0.15, 0.2) is 5.78 Å². The second-order valence-corrected chi connectivity index (χ2v) is 6.33. The predicted molar refractivity (Wildman–Crippen MR) is 84.0 cm³/mol. The Kier molecular flexibility index (Phi) is 4.59. The number of carbonyl (C=O) groups excluding carboxylic acids is 1. The van der Waals surface area contributed by atoms with Gasteiger partial charge < -0.3 is 4.74 Å². The Bertz CT molecular complexity index is 512. The molecular weight excluding hydrogens is 262 g/mol. The molecule has 2 heterocycles. The van der Waals surface area contributed by atoms with Crippen LogP contribution in [0.5, 0.6) is 5.75 Å². The monoisotopic (exact) mass is 287 g/mol. The molecule has 0 N–H and O–H groups in total. The minimum absolute atomic E-state index is 0.250. The largest absolute Gasteiger partial charge is 0.493 e. The van der Waals surface area contributed by atoms with E-state index in [4.69, 9.17) is 4.74 Å². The molecule has 1 atom stereocenters. The van der Waals surface area contributed by atoms with Crippen molar-refractivity contribution in [2.45, 2.75) is 39.0 Å². The van der Waals surface area contributed by atoms with Gasteiger partial charge in [-0.25, -0.2) is 0 Å². The zero-order chi connectivity index (χ0) is 14.7. The quantitative estimate of drug-likeness (QED) is 0.796. The molecule has 3 rings (SSSR count). The molecule has 2 aliphatic rings. The summed E-state index contributed by atoms with van der Waals surface area (Å²) in [6.45, 7) is 5.72. The van der Waals surface area contributed by atoms with Crippen molar-refractivity contribution < 1.29 is 9.53 Å². The van der Waals surface area contributed by atoms with Crippen LogP contribution < -0.4 is 4.74 Å². The highest BCUT2D eigenvalue weighted by atomic mass is 16.5. The molecule has 0 radical (unpaired) electrons. The standard InChI is InChI=1S/C18H25NO2/c1-2-14-4-3-9-19(10-7-14)13-17(20)15-5-6-18-16(12-15)8-11-21-18/h5-6,12,14H,2-4,7-11,13H2,1H3. The first kappa shape index (κ1) is 14.6. The van der Waals surface area contributed by atoms with E-state index in [2.05, 4.69) is 11.8 Å². The van der Waals surface area contributed by atoms with Gasteiger partial charge in [-0.2, -0.15) is 0 Å². The third-order valence-corrected chi connectivity index (χ3v) is 4.90. The number of ether oxygens (including phenoxy) is 1. The Labute approximate surface area is 127 Å². The van der Waals surface area contributed by atoms with Crippen molar-refractivity contribution in [3.05, 3.63) is 29.3 Å². The number of ketones is 1. The van der Waals surface area contributed by atoms with Gasteiger partial charge >= 0.3 is 0 Å². The van der Waals surface area contributed by atoms with Gasteiger partial charge in [0.1, 0.15) is 5.75 Å². The van der Waals surface area contributed by atoms with Crippen molar-refractivity contribution in [1.29, 1.82) is 0 Å². The summed E-state index contributed by atoms with van der Waals surface area (Å²) >= 11 is 0. The van der Waals surface area contributed by atoms with Crippen LogP contribution in [-0.2, 0) is 6.42 Å². The van der Waals surface area contributed by atoms with Crippen LogP contribution in [0.25, 0.3) is 0 Å². The molecule has 21 heavy (non-hydrogen) atoms. The summed E-state index contributed by atoms with van der Waals surface area (Å²) in [5.41, 5.74) is 2.03. The fourth-order valence-electron chi connectivity index (χ4n) is 3.45. The maximum absolute atomic E-state index is 12.5. The second kappa shape index (κ2) is 6.61. The van der Waals surface area contributed by atoms with Crippen LogP contribution in [0.4, 0.5) is 0 Å². The second-order valence-electron chi connectivity index (χ2n) is 6.33. The molecule has 0 aliphatic carbocycles. The van der Waals surface area contributed by atoms with Gasteiger partial charge in [0.25, 0.3) is 0 Å². The predicted octanol–water partition coefficient (Wildman–Crippen LogP) is 3.32. The van der Waals surface area contributed by atoms with E-state index in [9.17, 15) is 4.79 Å². The van der Waals surface area contributed by atoms with Crippen LogP contribution in [0.2, 0.25) is 0 Å². The lowest BCUT2D eigenvalue weighted by molar-refractivity contribution is 0.0932. The Hall–Kier alpha value is -1.35. The first-order valence-corrected chi connectivity index (χ1v) is 8.27. The summed E-state index contributed by atoms with van der Waals surface area (Å²) in [7, 11) is 0. The van der Waals surface area contributed by atoms with E-state index >= 15 is 0 Å². The van der Waals surface area contributed by atoms with Gasteiger partial charge in [-0.3, -0.25) is 9.69 Å². The summed E-state index contributed by atoms with van der Waals surface area (Å²) in [6.07, 6.45) is 5.98. The summed E-state index contributed by atoms with van der Waals surface area (Å²) in [4.78, 5) is 14.8. The van der Waals surface area contributed by atoms with Crippen molar-refractivity contribution in [3.8, 4) is 5.75 Å². The molecule has 1 fully saturated rings. The van der Waals surface area contributed by atoms with Crippen LogP contribution in [0.1, 0.15) is 48.5 Å². The molecule has 3 nitrogen and oxygen atoms in total. The summed E-state index contributed by atoms with van der Waals surface area (Å²) in [6, 6.07) is 5.89. The average molecular weight is 287 g/mol. The van der Waals surface area contributed by atoms with Gasteiger partial charge in [0.2, 0.25) is 0 Å². The molecule has 2 aliphatic heterocycles. The van der Waals surface area contributed by atoms with Crippen molar-refractivity contribution in [1.82, 2.24) is 4.90 Å². The molecule has 1 aromatic rings. The van der Waals surface area contributed by atoms with Gasteiger partial charge in [-0.1, -0.05) is 13.3 Å². The smallest absolute Gasteiger partial charge is 0.176 e. The molecule has 3 heteroatoms. The first-order chi connectivity index (χ1) is 10.3. The average Bonchev–Trinajstić information content (AvgIpc) is 2.86. The Morgan fingerprint density at radius 1 is 1.33 bits per heavy atom. The number of fused-ring (bicyclic) bond motifs is 1. The van der Waals surface area contributed by atoms with E-state index in [1.165, 1.54) is 31.2 Å². The maximum atomic E-state index is 12.5. The van der Waals surface area contributed by atoms with E-state index in [1.54, 1.807) is 0 Å². The SMILES string of the molecule is CCC1CCCN(CC(=O)c2ccc3c(c2)CCO3)CC1. The van der Waals surface area contributed by atoms with E-state index in [0.717, 1.165) is 43.3 Å². The number of hydrogen-bond donors (Lipinski definition) is 0. The zero-order valence-electron chi connectivity index (χ0n) is 12.9. The van der Waals surface area contributed by atoms with Gasteiger partial charge in [0.05, 0.1) is 13.2 Å². The lowest BCUT2D eigenvalue weighted by Crippen LogP contribution is -2.31. The molecule has 0 bridgehead atoms. The molecule has 0 saturated carbocycles. The highest BCUT2D eigenvalue weighted by molar-refractivity contribution is 5.98. The van der Waals surface area contributed by atoms with E-state index < -0.39 is 0 Å². The molecule has 1 saturated heterocycles. The molecular formula is C18H25NO2. The topological polar surface area (TPSA) is 29.5 Å². The summed E-state index contributed by atoms with van der Waals surface area (Å²) in [5, 5.41) is 0. The van der Waals surface area contributed by atoms with Crippen molar-refractivity contribution >= 4 is 5.78 Å². The van der Waals surface area contributed by atoms with Crippen LogP contribution in [-0.4, -0.2) is 36.9 Å². The van der Waals surface area contributed by atoms with E-state index in [0.29, 0.717) is 6.54 Å². The van der Waals surface area contributed by atoms with Gasteiger partial charge in [-0.05, 0) is 62.0 Å². The number of carbonyl (C=O) groups is 1. The van der Waals surface area contributed by atoms with Gasteiger partial charge in [-0.15, -0.1) is 0 Å². The third-order valence-electron chi connectivity index (χ3n) is 4.90. The fraction of sp³-hybridized carbons (Fsp3) is 0.611. The van der Waals surface area contributed by atoms with Crippen LogP contribution >= 0.6 is 0 Å². The number of hydrogen-bond acceptors (Lipinski definition) is 3. The van der Waals surface area contributed by atoms with Crippen molar-refractivity contribution in [3.63, 3.8) is 0 Å². The first-order valence-electron chi connectivity index (χ1n) is 8.27. The molecule has 114 valence electrons. The normalized spacial score (nSPS) is 22.4. The van der Waals surface area contributed by atoms with Gasteiger partial charge in [0, 0.05) is 12.0 Å². The summed E-state index contributed by atoms with van der Waals surface area (Å²) < 4.78 is 5.50. The molecule has 0 aromatic heterocycles. The fourth-order valence-corrected chi connectivity index (χ4v) is 3.45. The highest BCUT2D eigenvalue weighted by Gasteiger charge is 2.20. The minimum Gasteiger partial charge on any atom is -0.493 e. The Balaban J connectivity index is 1.61. The third kappa shape index (κ3) is 3.46. The molecule has 0 amide bonds. The molecule has 1 unspecified atom stereocenters. The summed E-state index contributed by atoms with van der Waals surface area (Å²) in [5.74, 6) is 2.05. The number of Topliss-reactive ketones (excluding diaryl/α,β-unsaturated/α-hetero) is 1. The lowest BCUT2D eigenvalue weighted by Gasteiger charge is -2.19. The van der Waals surface area contributed by atoms with E-state index in [-0.39, 0.29) is 5.78 Å². The molecule has 0 spiro atoms. The lowest BCUT2D eigenvalue weighted by atomic mass is 9.98. The Morgan fingerprint density at radius 2 is 2.24 bits per heavy atom. The number of benzene rings is 1. The van der Waals surface area contributed by atoms with Crippen molar-refractivity contribution in [2.24, 2.45) is 5.92 Å². The van der Waals surface area contributed by atoms with Crippen LogP contribution in [0.3, 0.4) is 0 Å². The van der Waals surface area contributed by atoms with Crippen molar-refractivity contribution in [2.75, 3.05) is 26.2 Å². The highest BCUT2D eigenvalue weighted by Crippen LogP contribution is 2.26. The van der Waals surface area contributed by atoms with Crippen LogP contribution in [0.15, 0.2) is 18.2 Å². The number of rotatable bonds is 4. The van der Waals surface area contributed by atoms with E-state index in [1.807, 2.05) is 18.2 Å². The zero-order valence-corrected chi connectivity index (χ0v) is 12.9. The number of likely N-dealkylation sites (tertiary alicyclic amines) is 1. The molecule has 1 aromatic carbocycles. The minimum atomic E-state index is 0.250. The number of nitrogens with zero attached hydrogens (tertiary/aromatic N) is 1. The van der Waals surface area contributed by atoms with Crippen LogP contribution in [0, 0.1) is 5.92 Å².